The van der Waals surface area contributed by atoms with Crippen molar-refractivity contribution in [3.63, 3.8) is 0 Å². The second-order valence-electron chi connectivity index (χ2n) is 6.94. The first-order valence-electron chi connectivity index (χ1n) is 8.92. The number of anilines is 1. The zero-order chi connectivity index (χ0) is 21.1. The van der Waals surface area contributed by atoms with Crippen molar-refractivity contribution in [3.8, 4) is 11.5 Å². The summed E-state index contributed by atoms with van der Waals surface area (Å²) in [6.45, 7) is 0.985. The minimum atomic E-state index is -3.04. The summed E-state index contributed by atoms with van der Waals surface area (Å²) in [4.78, 5) is 30.1. The summed E-state index contributed by atoms with van der Waals surface area (Å²) in [6.07, 6.45) is 0.151. The van der Waals surface area contributed by atoms with Gasteiger partial charge in [0.25, 0.3) is 0 Å². The standard InChI is InChI=1S/C18H20F2N4O4S/c1-9(2)16-22-18(29-23-16)21-14(26)8-24-7-11(6-15(24)27)10-3-4-13(12(25)5-10)28-17(19)20/h3-5,9,11,17,25H,6-8H2,1-2H3,(H,21,22,23,26)/t11-/m1/s1. The Morgan fingerprint density at radius 3 is 2.83 bits per heavy atom. The average molecular weight is 426 g/mol. The van der Waals surface area contributed by atoms with Gasteiger partial charge >= 0.3 is 6.61 Å². The van der Waals surface area contributed by atoms with Gasteiger partial charge in [0, 0.05) is 36.3 Å². The number of aromatic nitrogens is 2. The van der Waals surface area contributed by atoms with E-state index in [9.17, 15) is 23.5 Å². The van der Waals surface area contributed by atoms with Gasteiger partial charge < -0.3 is 14.7 Å². The molecule has 29 heavy (non-hydrogen) atoms. The summed E-state index contributed by atoms with van der Waals surface area (Å²) < 4.78 is 32.9. The van der Waals surface area contributed by atoms with Crippen molar-refractivity contribution >= 4 is 28.5 Å². The van der Waals surface area contributed by atoms with Crippen molar-refractivity contribution in [1.82, 2.24) is 14.3 Å². The number of likely N-dealkylation sites (tertiary alicyclic amines) is 1. The Kier molecular flexibility index (Phi) is 6.26. The number of carbonyl (C=O) groups excluding carboxylic acids is 2. The molecule has 1 aliphatic rings. The Morgan fingerprint density at radius 1 is 1.45 bits per heavy atom. The number of ether oxygens (including phenoxy) is 1. The molecule has 1 aliphatic heterocycles. The van der Waals surface area contributed by atoms with Gasteiger partial charge in [0.15, 0.2) is 11.5 Å². The lowest BCUT2D eigenvalue weighted by molar-refractivity contribution is -0.131. The van der Waals surface area contributed by atoms with E-state index in [4.69, 9.17) is 0 Å². The summed E-state index contributed by atoms with van der Waals surface area (Å²) >= 11 is 1.08. The maximum Gasteiger partial charge on any atom is 0.387 e. The third-order valence-electron chi connectivity index (χ3n) is 4.42. The number of benzene rings is 1. The fourth-order valence-corrected chi connectivity index (χ4v) is 3.71. The van der Waals surface area contributed by atoms with Gasteiger partial charge in [-0.05, 0) is 17.7 Å². The lowest BCUT2D eigenvalue weighted by atomic mass is 9.98. The number of hydrogen-bond acceptors (Lipinski definition) is 7. The van der Waals surface area contributed by atoms with Gasteiger partial charge in [-0.1, -0.05) is 19.9 Å². The van der Waals surface area contributed by atoms with Gasteiger partial charge in [-0.25, -0.2) is 4.98 Å². The molecule has 0 unspecified atom stereocenters. The number of amides is 2. The fourth-order valence-electron chi connectivity index (χ4n) is 2.98. The van der Waals surface area contributed by atoms with Crippen LogP contribution < -0.4 is 10.1 Å². The maximum atomic E-state index is 12.3. The van der Waals surface area contributed by atoms with Gasteiger partial charge in [-0.15, -0.1) is 0 Å². The van der Waals surface area contributed by atoms with Crippen LogP contribution in [0.25, 0.3) is 0 Å². The quantitative estimate of drug-likeness (QED) is 0.705. The lowest BCUT2D eigenvalue weighted by Gasteiger charge is -2.16. The van der Waals surface area contributed by atoms with Gasteiger partial charge in [0.05, 0.1) is 6.54 Å². The smallest absolute Gasteiger partial charge is 0.387 e. The van der Waals surface area contributed by atoms with Crippen LogP contribution in [0.15, 0.2) is 18.2 Å². The predicted octanol–water partition coefficient (Wildman–Crippen LogP) is 2.92. The van der Waals surface area contributed by atoms with E-state index in [1.54, 1.807) is 0 Å². The third-order valence-corrected chi connectivity index (χ3v) is 5.07. The van der Waals surface area contributed by atoms with E-state index in [0.717, 1.165) is 11.5 Å². The number of phenolic OH excluding ortho intramolecular Hbond substituents is 1. The normalized spacial score (nSPS) is 16.7. The highest BCUT2D eigenvalue weighted by atomic mass is 32.1. The molecule has 156 valence electrons. The minimum absolute atomic E-state index is 0.134. The molecule has 0 saturated carbocycles. The highest BCUT2D eigenvalue weighted by Crippen LogP contribution is 2.35. The predicted molar refractivity (Wildman–Crippen MR) is 101 cm³/mol. The highest BCUT2D eigenvalue weighted by molar-refractivity contribution is 7.09. The largest absolute Gasteiger partial charge is 0.504 e. The van der Waals surface area contributed by atoms with Crippen molar-refractivity contribution in [1.29, 1.82) is 0 Å². The lowest BCUT2D eigenvalue weighted by Crippen LogP contribution is -2.34. The Labute approximate surface area is 169 Å². The molecule has 1 aromatic heterocycles. The summed E-state index contributed by atoms with van der Waals surface area (Å²) in [5.41, 5.74) is 0.603. The number of halogens is 2. The van der Waals surface area contributed by atoms with Crippen molar-refractivity contribution in [2.45, 2.75) is 38.7 Å². The van der Waals surface area contributed by atoms with Gasteiger partial charge in [0.1, 0.15) is 5.82 Å². The van der Waals surface area contributed by atoms with Crippen molar-refractivity contribution in [3.05, 3.63) is 29.6 Å². The van der Waals surface area contributed by atoms with Crippen LogP contribution in [0.2, 0.25) is 0 Å². The van der Waals surface area contributed by atoms with E-state index >= 15 is 0 Å². The first kappa shape index (κ1) is 20.9. The molecule has 3 rings (SSSR count). The second-order valence-corrected chi connectivity index (χ2v) is 7.69. The zero-order valence-corrected chi connectivity index (χ0v) is 16.6. The van der Waals surface area contributed by atoms with Crippen LogP contribution >= 0.6 is 11.5 Å². The van der Waals surface area contributed by atoms with Crippen LogP contribution in [0.1, 0.15) is 43.5 Å². The highest BCUT2D eigenvalue weighted by Gasteiger charge is 2.32. The van der Waals surface area contributed by atoms with Crippen LogP contribution in [0.5, 0.6) is 11.5 Å². The number of nitrogens with one attached hydrogen (secondary N) is 1. The molecular weight excluding hydrogens is 406 g/mol. The summed E-state index contributed by atoms with van der Waals surface area (Å²) in [5.74, 6) is -0.832. The molecule has 2 amide bonds. The summed E-state index contributed by atoms with van der Waals surface area (Å²) in [5, 5.41) is 12.9. The van der Waals surface area contributed by atoms with Crippen LogP contribution in [0.4, 0.5) is 13.9 Å². The molecule has 2 aromatic rings. The van der Waals surface area contributed by atoms with E-state index in [1.807, 2.05) is 13.8 Å². The van der Waals surface area contributed by atoms with E-state index in [1.165, 1.54) is 23.1 Å². The van der Waals surface area contributed by atoms with Gasteiger partial charge in [-0.3, -0.25) is 14.9 Å². The molecule has 11 heteroatoms. The molecule has 1 saturated heterocycles. The Hall–Kier alpha value is -2.82. The monoisotopic (exact) mass is 426 g/mol. The SMILES string of the molecule is CC(C)c1nsc(NC(=O)CN2C[C@H](c3ccc(OC(F)F)c(O)c3)CC2=O)n1. The van der Waals surface area contributed by atoms with Crippen molar-refractivity contribution in [2.24, 2.45) is 0 Å². The molecule has 1 atom stereocenters. The van der Waals surface area contributed by atoms with Crippen LogP contribution in [0, 0.1) is 0 Å². The van der Waals surface area contributed by atoms with Crippen molar-refractivity contribution < 1.29 is 28.2 Å². The Morgan fingerprint density at radius 2 is 2.21 bits per heavy atom. The maximum absolute atomic E-state index is 12.3. The topological polar surface area (TPSA) is 105 Å². The molecule has 0 radical (unpaired) electrons. The number of hydrogen-bond donors (Lipinski definition) is 2. The van der Waals surface area contributed by atoms with E-state index in [2.05, 4.69) is 19.4 Å². The fraction of sp³-hybridized carbons (Fsp3) is 0.444. The molecule has 0 spiro atoms. The molecule has 8 nitrogen and oxygen atoms in total. The van der Waals surface area contributed by atoms with Gasteiger partial charge in [0.2, 0.25) is 16.9 Å². The number of carbonyl (C=O) groups is 2. The minimum Gasteiger partial charge on any atom is -0.504 e. The summed E-state index contributed by atoms with van der Waals surface area (Å²) in [6, 6.07) is 4.06. The van der Waals surface area contributed by atoms with Crippen LogP contribution in [-0.4, -0.2) is 50.9 Å². The summed E-state index contributed by atoms with van der Waals surface area (Å²) in [7, 11) is 0. The van der Waals surface area contributed by atoms with Crippen LogP contribution in [-0.2, 0) is 9.59 Å². The molecular formula is C18H20F2N4O4S. The molecule has 0 bridgehead atoms. The Balaban J connectivity index is 1.59. The van der Waals surface area contributed by atoms with Crippen molar-refractivity contribution in [2.75, 3.05) is 18.4 Å². The van der Waals surface area contributed by atoms with Gasteiger partial charge in [-0.2, -0.15) is 13.2 Å². The number of rotatable bonds is 7. The van der Waals surface area contributed by atoms with Crippen LogP contribution in [0.3, 0.4) is 0 Å². The molecule has 1 fully saturated rings. The second kappa shape index (κ2) is 8.68. The molecule has 0 aliphatic carbocycles. The molecule has 1 aromatic carbocycles. The third kappa shape index (κ3) is 5.17. The number of nitrogens with zero attached hydrogens (tertiary/aromatic N) is 3. The number of phenols is 1. The zero-order valence-electron chi connectivity index (χ0n) is 15.8. The molecule has 2 N–H and O–H groups in total. The van der Waals surface area contributed by atoms with E-state index in [0.29, 0.717) is 16.5 Å². The number of alkyl halides is 2. The van der Waals surface area contributed by atoms with E-state index < -0.39 is 12.4 Å². The number of aromatic hydroxyl groups is 1. The van der Waals surface area contributed by atoms with E-state index in [-0.39, 0.29) is 48.9 Å². The first-order valence-corrected chi connectivity index (χ1v) is 9.69. The first-order chi connectivity index (χ1) is 13.7. The average Bonchev–Trinajstić information content (AvgIpc) is 3.24. The Bertz CT molecular complexity index is 906. The molecule has 2 heterocycles.